The Morgan fingerprint density at radius 3 is 2.75 bits per heavy atom. The van der Waals surface area contributed by atoms with E-state index in [9.17, 15) is 5.11 Å². The Bertz CT molecular complexity index is 541. The fourth-order valence-electron chi connectivity index (χ4n) is 2.30. The van der Waals surface area contributed by atoms with Crippen LogP contribution in [0.2, 0.25) is 0 Å². The van der Waals surface area contributed by atoms with Crippen LogP contribution in [0.4, 0.5) is 0 Å². The molecule has 0 aromatic heterocycles. The normalized spacial score (nSPS) is 17.9. The van der Waals surface area contributed by atoms with E-state index < -0.39 is 6.29 Å². The third kappa shape index (κ3) is 2.73. The van der Waals surface area contributed by atoms with E-state index >= 15 is 0 Å². The summed E-state index contributed by atoms with van der Waals surface area (Å²) in [7, 11) is 1.64. The summed E-state index contributed by atoms with van der Waals surface area (Å²) < 4.78 is 11.1. The number of benzene rings is 1. The van der Waals surface area contributed by atoms with Gasteiger partial charge in [0.25, 0.3) is 0 Å². The molecule has 1 heterocycles. The molecule has 0 saturated carbocycles. The second-order valence-corrected chi connectivity index (χ2v) is 5.18. The molecule has 0 aliphatic carbocycles. The highest BCUT2D eigenvalue weighted by Crippen LogP contribution is 2.39. The lowest BCUT2D eigenvalue weighted by atomic mass is 9.95. The monoisotopic (exact) mass is 274 g/mol. The highest BCUT2D eigenvalue weighted by atomic mass is 16.6. The van der Waals surface area contributed by atoms with E-state index in [4.69, 9.17) is 9.47 Å². The van der Waals surface area contributed by atoms with Crippen LogP contribution in [0.5, 0.6) is 11.5 Å². The molecule has 1 aliphatic heterocycles. The van der Waals surface area contributed by atoms with Gasteiger partial charge in [0.2, 0.25) is 6.29 Å². The zero-order chi connectivity index (χ0) is 14.7. The first-order valence-electron chi connectivity index (χ1n) is 7.02. The van der Waals surface area contributed by atoms with Crippen molar-refractivity contribution in [3.63, 3.8) is 0 Å². The number of allylic oxidation sites excluding steroid dienone is 1. The number of hydrogen-bond donors (Lipinski definition) is 1. The minimum Gasteiger partial charge on any atom is -0.496 e. The third-order valence-electron chi connectivity index (χ3n) is 3.43. The topological polar surface area (TPSA) is 38.7 Å². The lowest BCUT2D eigenvalue weighted by Gasteiger charge is -2.27. The summed E-state index contributed by atoms with van der Waals surface area (Å²) in [6.45, 7) is 6.17. The van der Waals surface area contributed by atoms with Gasteiger partial charge in [-0.25, -0.2) is 0 Å². The standard InChI is InChI=1S/C17H22O3/c1-5-6-7-13-15(19-4)9-8-12-10-14(11(2)3)17(18)20-16(12)13/h6-11,17-18H,5H2,1-4H3. The van der Waals surface area contributed by atoms with E-state index in [1.807, 2.05) is 38.1 Å². The Morgan fingerprint density at radius 2 is 2.15 bits per heavy atom. The van der Waals surface area contributed by atoms with E-state index in [1.165, 1.54) is 0 Å². The molecule has 1 N–H and O–H groups in total. The molecule has 3 heteroatoms. The third-order valence-corrected chi connectivity index (χ3v) is 3.43. The predicted octanol–water partition coefficient (Wildman–Crippen LogP) is 3.87. The first-order chi connectivity index (χ1) is 9.58. The summed E-state index contributed by atoms with van der Waals surface area (Å²) in [6, 6.07) is 3.90. The van der Waals surface area contributed by atoms with E-state index in [2.05, 4.69) is 13.0 Å². The fraction of sp³-hybridized carbons (Fsp3) is 0.412. The minimum atomic E-state index is -0.886. The van der Waals surface area contributed by atoms with Crippen LogP contribution >= 0.6 is 0 Å². The number of fused-ring (bicyclic) bond motifs is 1. The molecule has 0 fully saturated rings. The Balaban J connectivity index is 2.55. The number of aliphatic hydroxyl groups excluding tert-OH is 1. The van der Waals surface area contributed by atoms with Crippen LogP contribution in [0.3, 0.4) is 0 Å². The summed E-state index contributed by atoms with van der Waals surface area (Å²) in [5.74, 6) is 1.68. The zero-order valence-electron chi connectivity index (χ0n) is 12.5. The molecule has 1 aromatic carbocycles. The van der Waals surface area contributed by atoms with Crippen molar-refractivity contribution in [1.29, 1.82) is 0 Å². The summed E-state index contributed by atoms with van der Waals surface area (Å²) in [5.41, 5.74) is 2.76. The summed E-state index contributed by atoms with van der Waals surface area (Å²) in [5, 5.41) is 10.1. The van der Waals surface area contributed by atoms with Crippen LogP contribution in [0.15, 0.2) is 23.8 Å². The smallest absolute Gasteiger partial charge is 0.220 e. The summed E-state index contributed by atoms with van der Waals surface area (Å²) in [6.07, 6.45) is 6.09. The molecule has 0 spiro atoms. The van der Waals surface area contributed by atoms with Crippen molar-refractivity contribution in [1.82, 2.24) is 0 Å². The second-order valence-electron chi connectivity index (χ2n) is 5.18. The quantitative estimate of drug-likeness (QED) is 0.906. The summed E-state index contributed by atoms with van der Waals surface area (Å²) in [4.78, 5) is 0. The number of hydrogen-bond acceptors (Lipinski definition) is 3. The molecule has 0 amide bonds. The maximum atomic E-state index is 10.1. The van der Waals surface area contributed by atoms with E-state index in [0.717, 1.165) is 28.9 Å². The molecule has 1 unspecified atom stereocenters. The molecule has 0 radical (unpaired) electrons. The van der Waals surface area contributed by atoms with Crippen LogP contribution in [0.25, 0.3) is 12.2 Å². The van der Waals surface area contributed by atoms with Crippen molar-refractivity contribution < 1.29 is 14.6 Å². The molecule has 1 atom stereocenters. The Labute approximate surface area is 120 Å². The van der Waals surface area contributed by atoms with Crippen molar-refractivity contribution in [2.24, 2.45) is 5.92 Å². The molecule has 0 bridgehead atoms. The summed E-state index contributed by atoms with van der Waals surface area (Å²) >= 11 is 0. The van der Waals surface area contributed by atoms with Crippen LogP contribution < -0.4 is 9.47 Å². The molecule has 1 aromatic rings. The van der Waals surface area contributed by atoms with Crippen molar-refractivity contribution in [3.05, 3.63) is 34.9 Å². The van der Waals surface area contributed by atoms with Crippen LogP contribution in [-0.4, -0.2) is 18.5 Å². The first kappa shape index (κ1) is 14.7. The van der Waals surface area contributed by atoms with Gasteiger partial charge in [0.1, 0.15) is 11.5 Å². The van der Waals surface area contributed by atoms with E-state index in [1.54, 1.807) is 7.11 Å². The average molecular weight is 274 g/mol. The van der Waals surface area contributed by atoms with Crippen molar-refractivity contribution in [2.75, 3.05) is 7.11 Å². The fourth-order valence-corrected chi connectivity index (χ4v) is 2.30. The maximum absolute atomic E-state index is 10.1. The lowest BCUT2D eigenvalue weighted by molar-refractivity contribution is 0.00623. The van der Waals surface area contributed by atoms with Crippen LogP contribution in [0, 0.1) is 5.92 Å². The van der Waals surface area contributed by atoms with Crippen LogP contribution in [0.1, 0.15) is 38.3 Å². The lowest BCUT2D eigenvalue weighted by Crippen LogP contribution is -2.25. The van der Waals surface area contributed by atoms with E-state index in [0.29, 0.717) is 5.75 Å². The van der Waals surface area contributed by atoms with Gasteiger partial charge in [-0.2, -0.15) is 0 Å². The maximum Gasteiger partial charge on any atom is 0.220 e. The highest BCUT2D eigenvalue weighted by Gasteiger charge is 2.25. The average Bonchev–Trinajstić information content (AvgIpc) is 2.43. The van der Waals surface area contributed by atoms with Gasteiger partial charge in [0.15, 0.2) is 0 Å². The molecule has 108 valence electrons. The zero-order valence-corrected chi connectivity index (χ0v) is 12.5. The molecule has 1 aliphatic rings. The van der Waals surface area contributed by atoms with Crippen molar-refractivity contribution >= 4 is 12.2 Å². The number of methoxy groups -OCH3 is 1. The Kier molecular flexibility index (Phi) is 4.50. The van der Waals surface area contributed by atoms with Gasteiger partial charge in [-0.05, 0) is 30.5 Å². The van der Waals surface area contributed by atoms with Crippen molar-refractivity contribution in [3.8, 4) is 11.5 Å². The predicted molar refractivity (Wildman–Crippen MR) is 81.8 cm³/mol. The van der Waals surface area contributed by atoms with Gasteiger partial charge in [0, 0.05) is 11.1 Å². The molecule has 2 rings (SSSR count). The van der Waals surface area contributed by atoms with Crippen LogP contribution in [-0.2, 0) is 0 Å². The van der Waals surface area contributed by atoms with Crippen molar-refractivity contribution in [2.45, 2.75) is 33.5 Å². The van der Waals surface area contributed by atoms with Gasteiger partial charge in [0.05, 0.1) is 12.7 Å². The van der Waals surface area contributed by atoms with Gasteiger partial charge >= 0.3 is 0 Å². The SMILES string of the molecule is CCC=Cc1c(OC)ccc2c1OC(O)C(C(C)C)=C2. The van der Waals surface area contributed by atoms with Gasteiger partial charge in [-0.3, -0.25) is 0 Å². The number of ether oxygens (including phenoxy) is 2. The van der Waals surface area contributed by atoms with Gasteiger partial charge in [-0.1, -0.05) is 32.9 Å². The number of aliphatic hydroxyl groups is 1. The van der Waals surface area contributed by atoms with Gasteiger partial charge < -0.3 is 14.6 Å². The molecular formula is C17H22O3. The molecule has 0 saturated heterocycles. The molecule has 3 nitrogen and oxygen atoms in total. The second kappa shape index (κ2) is 6.14. The highest BCUT2D eigenvalue weighted by molar-refractivity contribution is 5.74. The van der Waals surface area contributed by atoms with Gasteiger partial charge in [-0.15, -0.1) is 0 Å². The number of rotatable bonds is 4. The Hall–Kier alpha value is -1.74. The first-order valence-corrected chi connectivity index (χ1v) is 7.02. The largest absolute Gasteiger partial charge is 0.496 e. The minimum absolute atomic E-state index is 0.245. The Morgan fingerprint density at radius 1 is 1.40 bits per heavy atom. The van der Waals surface area contributed by atoms with E-state index in [-0.39, 0.29) is 5.92 Å². The molecule has 20 heavy (non-hydrogen) atoms. The molecular weight excluding hydrogens is 252 g/mol.